The summed E-state index contributed by atoms with van der Waals surface area (Å²) in [6.07, 6.45) is -15.6. The fourth-order valence-electron chi connectivity index (χ4n) is 14.9. The van der Waals surface area contributed by atoms with Crippen molar-refractivity contribution in [2.75, 3.05) is 25.5 Å². The number of likely N-dealkylation sites (N-methyl/N-ethyl adjacent to an activating group) is 1. The maximum Gasteiger partial charge on any atom is 0.349 e. The van der Waals surface area contributed by atoms with Crippen LogP contribution in [0.15, 0.2) is 126 Å². The zero-order chi connectivity index (χ0) is 91.2. The summed E-state index contributed by atoms with van der Waals surface area (Å²) in [4.78, 5) is 162. The largest absolute Gasteiger partial charge is 0.508 e. The number of nitrogens with one attached hydrogen (secondary N) is 11. The van der Waals surface area contributed by atoms with Crippen LogP contribution < -0.4 is 90.1 Å². The molecule has 2 saturated heterocycles. The molecule has 670 valence electrons. The minimum absolute atomic E-state index is 0.0427. The number of benzene rings is 6. The number of aliphatic hydroxyl groups is 6. The molecule has 0 spiro atoms. The maximum absolute atomic E-state index is 16.3. The molecule has 11 amide bonds. The lowest BCUT2D eigenvalue weighted by molar-refractivity contribution is -0.334. The number of nitrogens with two attached hydrogens (primary N) is 2. The van der Waals surface area contributed by atoms with Crippen molar-refractivity contribution in [2.24, 2.45) is 17.4 Å². The van der Waals surface area contributed by atoms with Gasteiger partial charge in [-0.3, -0.25) is 53.1 Å². The average Bonchev–Trinajstić information content (AvgIpc) is 0.764. The van der Waals surface area contributed by atoms with Gasteiger partial charge in [-0.1, -0.05) is 79.0 Å². The summed E-state index contributed by atoms with van der Waals surface area (Å²) < 4.78 is 40.6. The number of primary amides is 2. The van der Waals surface area contributed by atoms with Crippen LogP contribution in [0.3, 0.4) is 0 Å². The first kappa shape index (κ1) is 92.8. The Bertz CT molecular complexity index is 5460. The SMILES string of the molecule is CNC(CC(C)C)C(=O)NC1C(=O)NC(CC(N)=O)C(=O)NC2C(=O)NC3C(=O)NC(C(=O)NC(C(=O)NNC(N)=O)c4cc(O)cc(O)c4-c4cc3ccc4O)C(O)c3ccc(c(Cl)c3)Oc3cc2cc(c3OC2OC(CO)C(O)C(O)C2OC2CC(C)(NCCn3ccc(NC(=O)C=Cc4ccc(Cl)cc4)nc3=O)C(O)C(C)O2)Oc2ccc(cc2Cl)C1O. The average molecular weight is 1810 g/mol. The molecule has 7 aliphatic heterocycles. The van der Waals surface area contributed by atoms with Gasteiger partial charge < -0.3 is 134 Å². The zero-order valence-electron chi connectivity index (χ0n) is 67.4. The third-order valence-electron chi connectivity index (χ3n) is 21.4. The number of phenols is 3. The first-order valence-electron chi connectivity index (χ1n) is 39.2. The van der Waals surface area contributed by atoms with E-state index in [1.54, 1.807) is 45.0 Å². The Hall–Kier alpha value is -12.3. The van der Waals surface area contributed by atoms with Gasteiger partial charge in [0.1, 0.15) is 101 Å². The highest BCUT2D eigenvalue weighted by molar-refractivity contribution is 6.32. The van der Waals surface area contributed by atoms with Crippen LogP contribution in [0.4, 0.5) is 10.6 Å². The molecule has 11 bridgehead atoms. The Morgan fingerprint density at radius 1 is 0.706 bits per heavy atom. The molecule has 8 heterocycles. The molecule has 18 atom stereocenters. The molecule has 6 aromatic carbocycles. The van der Waals surface area contributed by atoms with Gasteiger partial charge in [0, 0.05) is 59.5 Å². The standard InChI is InChI=1S/C82H90Cl3N15O26/c1-33(2)22-46(88-5)72(112)96-63-65(107)37-10-15-50(44(84)24-37)122-52-26-39-27-53(69(52)126-79-70(68(110)67(109)54(32-101)124-79)125-58-31-82(4,71(111)34(3)121-58)89-19-21-100-20-18-56(92-81(100)120)91-57(106)17-8-35-6-12-40(83)13-7-35)123-51-16-11-38(25-45(51)85)66(108)64-77(117)95-62(78(118)98-99-80(87)119)43-28-41(102)29-49(104)59(43)42-23-36(9-14-48(42)103)60(74(114)97-64)94-75(115)61(39)93-73(113)47(30-55(86)105)90-76(63)116/h6-18,20,23-29,33-34,46-47,54,58,60-68,70-71,79,88-89,101-104,107-111H,19,21-22,30-32H2,1-5H3,(H2,86,105)(H,90,116)(H,93,113)(H,94,115)(H,95,117)(H,96,112)(H,97,114)(H,98,118)(H3,87,99,119)(H,91,92,106,120). The van der Waals surface area contributed by atoms with E-state index in [0.29, 0.717) is 10.6 Å². The number of hydrogen-bond acceptors (Lipinski definition) is 29. The van der Waals surface area contributed by atoms with Gasteiger partial charge >= 0.3 is 11.7 Å². The number of halogens is 3. The third-order valence-corrected chi connectivity index (χ3v) is 22.2. The highest BCUT2D eigenvalue weighted by atomic mass is 35.5. The summed E-state index contributed by atoms with van der Waals surface area (Å²) in [5.41, 5.74) is 10.3. The number of rotatable bonds is 20. The van der Waals surface area contributed by atoms with Crippen molar-refractivity contribution < 1.29 is 122 Å². The number of aliphatic hydroxyl groups excluding tert-OH is 6. The molecule has 2 fully saturated rings. The van der Waals surface area contributed by atoms with E-state index >= 15 is 24.0 Å². The Morgan fingerprint density at radius 2 is 1.35 bits per heavy atom. The van der Waals surface area contributed by atoms with E-state index in [2.05, 4.69) is 52.8 Å². The van der Waals surface area contributed by atoms with Gasteiger partial charge in [0.05, 0.1) is 41.3 Å². The minimum Gasteiger partial charge on any atom is -0.508 e. The van der Waals surface area contributed by atoms with E-state index in [0.717, 1.165) is 66.7 Å². The van der Waals surface area contributed by atoms with Crippen LogP contribution in [0.25, 0.3) is 17.2 Å². The summed E-state index contributed by atoms with van der Waals surface area (Å²) in [6.45, 7) is 5.55. The lowest BCUT2D eigenvalue weighted by Gasteiger charge is -2.48. The van der Waals surface area contributed by atoms with Gasteiger partial charge in [-0.2, -0.15) is 4.98 Å². The predicted molar refractivity (Wildman–Crippen MR) is 444 cm³/mol. The van der Waals surface area contributed by atoms with E-state index in [4.69, 9.17) is 74.7 Å². The number of aromatic hydroxyl groups is 3. The van der Waals surface area contributed by atoms with Crippen LogP contribution in [0, 0.1) is 5.92 Å². The predicted octanol–water partition coefficient (Wildman–Crippen LogP) is 0.914. The van der Waals surface area contributed by atoms with Gasteiger partial charge in [-0.05, 0) is 145 Å². The van der Waals surface area contributed by atoms with Gasteiger partial charge in [-0.15, -0.1) is 0 Å². The smallest absolute Gasteiger partial charge is 0.349 e. The molecule has 44 heteroatoms. The maximum atomic E-state index is 16.3. The minimum atomic E-state index is -2.42. The van der Waals surface area contributed by atoms with Gasteiger partial charge in [-0.25, -0.2) is 15.0 Å². The number of fused-ring (bicyclic) bond motifs is 15. The Kier molecular flexibility index (Phi) is 29.1. The fraction of sp³-hybridized carbons (Fsp3) is 0.366. The van der Waals surface area contributed by atoms with E-state index in [9.17, 15) is 74.7 Å². The molecule has 126 heavy (non-hydrogen) atoms. The summed E-state index contributed by atoms with van der Waals surface area (Å²) in [5, 5.41) is 129. The molecule has 14 rings (SSSR count). The summed E-state index contributed by atoms with van der Waals surface area (Å²) in [5.74, 6) is -16.8. The number of urea groups is 1. The number of carbonyl (C=O) groups is 10. The fourth-order valence-corrected chi connectivity index (χ4v) is 15.5. The number of hydrogen-bond donors (Lipinski definition) is 22. The summed E-state index contributed by atoms with van der Waals surface area (Å²) in [7, 11) is 1.46. The van der Waals surface area contributed by atoms with E-state index in [-0.39, 0.29) is 48.8 Å². The molecule has 7 aliphatic rings. The molecule has 1 aromatic heterocycles. The Balaban J connectivity index is 0.999. The van der Waals surface area contributed by atoms with Crippen molar-refractivity contribution in [3.63, 3.8) is 0 Å². The number of aromatic nitrogens is 2. The Labute approximate surface area is 730 Å². The van der Waals surface area contributed by atoms with Gasteiger partial charge in [0.2, 0.25) is 59.3 Å². The Morgan fingerprint density at radius 3 is 1.98 bits per heavy atom. The van der Waals surface area contributed by atoms with Crippen LogP contribution in [0.1, 0.15) is 111 Å². The number of phenolic OH excluding ortho intramolecular Hbond substituents is 3. The number of nitrogens with zero attached hydrogens (tertiary/aromatic N) is 2. The van der Waals surface area contributed by atoms with Crippen LogP contribution in [0.5, 0.6) is 46.0 Å². The molecule has 0 radical (unpaired) electrons. The van der Waals surface area contributed by atoms with E-state index in [1.807, 2.05) is 10.9 Å². The van der Waals surface area contributed by atoms with Crippen molar-refractivity contribution in [2.45, 2.75) is 163 Å². The van der Waals surface area contributed by atoms with Gasteiger partial charge in [0.25, 0.3) is 5.91 Å². The van der Waals surface area contributed by atoms with E-state index < -0.39 is 271 Å². The highest BCUT2D eigenvalue weighted by Crippen LogP contribution is 2.50. The quantitative estimate of drug-likeness (QED) is 0.0372. The first-order valence-corrected chi connectivity index (χ1v) is 40.3. The molecule has 7 aromatic rings. The lowest BCUT2D eigenvalue weighted by atomic mass is 9.85. The van der Waals surface area contributed by atoms with Crippen molar-refractivity contribution >= 4 is 106 Å². The second-order valence-electron chi connectivity index (χ2n) is 30.9. The molecule has 18 unspecified atom stereocenters. The van der Waals surface area contributed by atoms with Crippen molar-refractivity contribution in [1.29, 1.82) is 0 Å². The monoisotopic (exact) mass is 1810 g/mol. The molecule has 41 nitrogen and oxygen atoms in total. The first-order chi connectivity index (χ1) is 59.8. The van der Waals surface area contributed by atoms with Crippen LogP contribution in [0.2, 0.25) is 15.1 Å². The van der Waals surface area contributed by atoms with Crippen molar-refractivity contribution in [1.82, 2.24) is 62.9 Å². The highest BCUT2D eigenvalue weighted by Gasteiger charge is 2.52. The molecular formula is C82H90Cl3N15O26. The number of anilines is 1. The van der Waals surface area contributed by atoms with E-state index in [1.165, 1.54) is 55.1 Å². The number of hydrazine groups is 1. The molecule has 0 saturated carbocycles. The normalized spacial score (nSPS) is 25.8. The number of ether oxygens (including phenoxy) is 6. The summed E-state index contributed by atoms with van der Waals surface area (Å²) >= 11 is 20.3. The topological polar surface area (TPSA) is 627 Å². The van der Waals surface area contributed by atoms with Crippen LogP contribution in [-0.2, 0) is 63.9 Å². The number of amides is 11. The summed E-state index contributed by atoms with van der Waals surface area (Å²) in [6, 6.07) is 5.53. The third kappa shape index (κ3) is 21.3. The number of carbonyl (C=O) groups excluding carboxylic acids is 10. The van der Waals surface area contributed by atoms with Crippen LogP contribution in [-0.4, -0.2) is 214 Å². The zero-order valence-corrected chi connectivity index (χ0v) is 69.7. The lowest BCUT2D eigenvalue weighted by Crippen LogP contribution is -2.65. The second kappa shape index (κ2) is 39.5. The van der Waals surface area contributed by atoms with Crippen molar-refractivity contribution in [3.8, 4) is 57.1 Å². The molecular weight excluding hydrogens is 1720 g/mol. The molecule has 24 N–H and O–H groups in total. The molecule has 0 aliphatic carbocycles. The van der Waals surface area contributed by atoms with Crippen molar-refractivity contribution in [3.05, 3.63) is 180 Å². The second-order valence-corrected chi connectivity index (χ2v) is 32.1. The van der Waals surface area contributed by atoms with Crippen LogP contribution >= 0.6 is 34.8 Å². The van der Waals surface area contributed by atoms with Gasteiger partial charge in [0.15, 0.2) is 23.9 Å².